The van der Waals surface area contributed by atoms with E-state index in [4.69, 9.17) is 9.84 Å². The van der Waals surface area contributed by atoms with E-state index in [-0.39, 0.29) is 24.4 Å². The van der Waals surface area contributed by atoms with Gasteiger partial charge in [-0.2, -0.15) is 0 Å². The molecule has 134 valence electrons. The molecule has 0 aromatic heterocycles. The van der Waals surface area contributed by atoms with Gasteiger partial charge in [-0.05, 0) is 36.6 Å². The van der Waals surface area contributed by atoms with Gasteiger partial charge in [0.25, 0.3) is 5.91 Å². The first-order valence-electron chi connectivity index (χ1n) is 8.11. The highest BCUT2D eigenvalue weighted by Crippen LogP contribution is 2.15. The van der Waals surface area contributed by atoms with E-state index in [1.807, 2.05) is 0 Å². The molecule has 0 unspecified atom stereocenters. The van der Waals surface area contributed by atoms with Crippen LogP contribution in [0, 0.1) is 0 Å². The fraction of sp³-hybridized carbons (Fsp3) is 0.389. The monoisotopic (exact) mass is 346 g/mol. The van der Waals surface area contributed by atoms with Gasteiger partial charge in [0, 0.05) is 37.9 Å². The van der Waals surface area contributed by atoms with E-state index in [2.05, 4.69) is 5.32 Å². The highest BCUT2D eigenvalue weighted by Gasteiger charge is 2.26. The summed E-state index contributed by atoms with van der Waals surface area (Å²) in [4.78, 5) is 36.4. The van der Waals surface area contributed by atoms with Crippen LogP contribution < -0.4 is 5.32 Å². The Hall–Kier alpha value is -2.67. The Morgan fingerprint density at radius 2 is 1.88 bits per heavy atom. The lowest BCUT2D eigenvalue weighted by Crippen LogP contribution is -2.45. The first kappa shape index (κ1) is 18.7. The fourth-order valence-corrected chi connectivity index (χ4v) is 2.68. The quantitative estimate of drug-likeness (QED) is 0.754. The normalized spacial score (nSPS) is 15.1. The molecule has 0 spiro atoms. The number of carboxylic acid groups (broad SMARTS) is 1. The zero-order valence-corrected chi connectivity index (χ0v) is 14.1. The molecule has 7 heteroatoms. The van der Waals surface area contributed by atoms with Crippen LogP contribution in [0.1, 0.15) is 28.8 Å². The van der Waals surface area contributed by atoms with Crippen molar-refractivity contribution in [2.75, 3.05) is 26.8 Å². The minimum absolute atomic E-state index is 0.127. The summed E-state index contributed by atoms with van der Waals surface area (Å²) in [5.74, 6) is -1.56. The molecule has 1 aliphatic heterocycles. The second-order valence-corrected chi connectivity index (χ2v) is 5.74. The summed E-state index contributed by atoms with van der Waals surface area (Å²) >= 11 is 0. The first-order valence-corrected chi connectivity index (χ1v) is 8.11. The fourth-order valence-electron chi connectivity index (χ4n) is 2.68. The van der Waals surface area contributed by atoms with Crippen molar-refractivity contribution in [3.8, 4) is 0 Å². The molecule has 1 aromatic carbocycles. The second kappa shape index (κ2) is 8.98. The van der Waals surface area contributed by atoms with Gasteiger partial charge in [-0.25, -0.2) is 0 Å². The predicted octanol–water partition coefficient (Wildman–Crippen LogP) is 1.15. The molecule has 2 amide bonds. The van der Waals surface area contributed by atoms with Crippen LogP contribution in [0.2, 0.25) is 0 Å². The Bertz CT molecular complexity index is 648. The average molecular weight is 346 g/mol. The van der Waals surface area contributed by atoms with E-state index in [9.17, 15) is 14.4 Å². The molecule has 2 rings (SSSR count). The number of carbonyl (C=O) groups excluding carboxylic acids is 2. The smallest absolute Gasteiger partial charge is 0.323 e. The molecule has 1 aliphatic rings. The van der Waals surface area contributed by atoms with Gasteiger partial charge in [0.05, 0.1) is 0 Å². The summed E-state index contributed by atoms with van der Waals surface area (Å²) in [5, 5.41) is 11.6. The van der Waals surface area contributed by atoms with Crippen molar-refractivity contribution in [2.24, 2.45) is 0 Å². The molecule has 0 bridgehead atoms. The number of carboxylic acids is 1. The topological polar surface area (TPSA) is 95.9 Å². The van der Waals surface area contributed by atoms with Crippen LogP contribution in [0.3, 0.4) is 0 Å². The summed E-state index contributed by atoms with van der Waals surface area (Å²) in [7, 11) is 1.56. The van der Waals surface area contributed by atoms with Crippen LogP contribution in [0.5, 0.6) is 0 Å². The summed E-state index contributed by atoms with van der Waals surface area (Å²) in [6, 6.07) is 6.65. The summed E-state index contributed by atoms with van der Waals surface area (Å²) in [6.07, 6.45) is 4.25. The number of nitrogens with one attached hydrogen (secondary N) is 1. The molecular weight excluding hydrogens is 324 g/mol. The molecule has 1 heterocycles. The van der Waals surface area contributed by atoms with Gasteiger partial charge in [0.1, 0.15) is 6.54 Å². The lowest BCUT2D eigenvalue weighted by atomic mass is 10.1. The molecule has 0 radical (unpaired) electrons. The number of benzene rings is 1. The molecule has 2 N–H and O–H groups in total. The van der Waals surface area contributed by atoms with E-state index in [0.29, 0.717) is 31.6 Å². The zero-order chi connectivity index (χ0) is 18.2. The Balaban J connectivity index is 2.06. The van der Waals surface area contributed by atoms with E-state index in [1.54, 1.807) is 37.4 Å². The molecule has 0 saturated carbocycles. The Labute approximate surface area is 146 Å². The van der Waals surface area contributed by atoms with Crippen LogP contribution in [-0.2, 0) is 14.3 Å². The molecule has 1 aromatic rings. The van der Waals surface area contributed by atoms with Gasteiger partial charge in [-0.1, -0.05) is 12.1 Å². The Morgan fingerprint density at radius 1 is 1.24 bits per heavy atom. The molecule has 0 aliphatic carbocycles. The molecule has 1 saturated heterocycles. The van der Waals surface area contributed by atoms with Crippen molar-refractivity contribution >= 4 is 23.9 Å². The molecule has 7 nitrogen and oxygen atoms in total. The van der Waals surface area contributed by atoms with Crippen LogP contribution >= 0.6 is 0 Å². The van der Waals surface area contributed by atoms with E-state index in [1.165, 1.54) is 11.0 Å². The van der Waals surface area contributed by atoms with Crippen LogP contribution in [0.15, 0.2) is 30.3 Å². The molecule has 1 fully saturated rings. The van der Waals surface area contributed by atoms with Crippen molar-refractivity contribution in [2.45, 2.75) is 18.9 Å². The van der Waals surface area contributed by atoms with E-state index < -0.39 is 5.97 Å². The van der Waals surface area contributed by atoms with E-state index >= 15 is 0 Å². The predicted molar refractivity (Wildman–Crippen MR) is 92.1 cm³/mol. The number of ether oxygens (including phenoxy) is 1. The zero-order valence-electron chi connectivity index (χ0n) is 14.1. The van der Waals surface area contributed by atoms with Gasteiger partial charge >= 0.3 is 5.97 Å². The largest absolute Gasteiger partial charge is 0.480 e. The molecular formula is C18H22N2O5. The summed E-state index contributed by atoms with van der Waals surface area (Å²) in [6.45, 7) is 0.723. The highest BCUT2D eigenvalue weighted by molar-refractivity contribution is 5.95. The van der Waals surface area contributed by atoms with Gasteiger partial charge in [0.2, 0.25) is 5.91 Å². The number of aliphatic carboxylic acids is 1. The van der Waals surface area contributed by atoms with Crippen molar-refractivity contribution in [3.05, 3.63) is 41.5 Å². The second-order valence-electron chi connectivity index (χ2n) is 5.74. The Kier molecular flexibility index (Phi) is 6.71. The third-order valence-electron chi connectivity index (χ3n) is 4.04. The number of hydrogen-bond donors (Lipinski definition) is 2. The standard InChI is InChI=1S/C18H22N2O5/c1-19-18(24)14-5-2-13(3-6-14)4-7-16(21)20(12-17(22)23)15-8-10-25-11-9-15/h2-7,15H,8-12H2,1H3,(H,19,24)(H,22,23). The minimum atomic E-state index is -1.04. The van der Waals surface area contributed by atoms with Gasteiger partial charge in [0.15, 0.2) is 0 Å². The van der Waals surface area contributed by atoms with Crippen LogP contribution in [0.25, 0.3) is 6.08 Å². The number of nitrogens with zero attached hydrogens (tertiary/aromatic N) is 1. The van der Waals surface area contributed by atoms with Gasteiger partial charge < -0.3 is 20.1 Å². The van der Waals surface area contributed by atoms with Crippen molar-refractivity contribution in [3.63, 3.8) is 0 Å². The maximum atomic E-state index is 12.4. The summed E-state index contributed by atoms with van der Waals surface area (Å²) < 4.78 is 5.27. The lowest BCUT2D eigenvalue weighted by molar-refractivity contribution is -0.145. The highest BCUT2D eigenvalue weighted by atomic mass is 16.5. The van der Waals surface area contributed by atoms with Gasteiger partial charge in [-0.15, -0.1) is 0 Å². The van der Waals surface area contributed by atoms with E-state index in [0.717, 1.165) is 5.56 Å². The van der Waals surface area contributed by atoms with Crippen molar-refractivity contribution in [1.29, 1.82) is 0 Å². The maximum Gasteiger partial charge on any atom is 0.323 e. The molecule has 25 heavy (non-hydrogen) atoms. The average Bonchev–Trinajstić information content (AvgIpc) is 2.64. The number of rotatable bonds is 6. The van der Waals surface area contributed by atoms with Crippen LogP contribution in [0.4, 0.5) is 0 Å². The maximum absolute atomic E-state index is 12.4. The third kappa shape index (κ3) is 5.42. The number of amides is 2. The van der Waals surface area contributed by atoms with Crippen molar-refractivity contribution in [1.82, 2.24) is 10.2 Å². The van der Waals surface area contributed by atoms with Crippen molar-refractivity contribution < 1.29 is 24.2 Å². The first-order chi connectivity index (χ1) is 12.0. The lowest BCUT2D eigenvalue weighted by Gasteiger charge is -2.32. The SMILES string of the molecule is CNC(=O)c1ccc(C=CC(=O)N(CC(=O)O)C2CCOCC2)cc1. The minimum Gasteiger partial charge on any atom is -0.480 e. The number of hydrogen-bond acceptors (Lipinski definition) is 4. The number of carbonyl (C=O) groups is 3. The van der Waals surface area contributed by atoms with Crippen LogP contribution in [-0.4, -0.2) is 60.6 Å². The molecule has 0 atom stereocenters. The van der Waals surface area contributed by atoms with Gasteiger partial charge in [-0.3, -0.25) is 14.4 Å². The third-order valence-corrected chi connectivity index (χ3v) is 4.04. The summed E-state index contributed by atoms with van der Waals surface area (Å²) in [5.41, 5.74) is 1.28. The Morgan fingerprint density at radius 3 is 2.44 bits per heavy atom.